The lowest BCUT2D eigenvalue weighted by atomic mass is 9.75. The molecule has 64 heavy (non-hydrogen) atoms. The molecule has 3 aromatic heterocycles. The summed E-state index contributed by atoms with van der Waals surface area (Å²) in [7, 11) is 0. The second-order valence-electron chi connectivity index (χ2n) is 17.5. The van der Waals surface area contributed by atoms with E-state index >= 15 is 0 Å². The van der Waals surface area contributed by atoms with Gasteiger partial charge in [-0.3, -0.25) is 14.3 Å². The molecule has 2 aliphatic carbocycles. The van der Waals surface area contributed by atoms with Crippen LogP contribution in [0.2, 0.25) is 10.0 Å². The second kappa shape index (κ2) is 16.6. The van der Waals surface area contributed by atoms with Crippen molar-refractivity contribution in [3.63, 3.8) is 0 Å². The van der Waals surface area contributed by atoms with E-state index < -0.39 is 46.6 Å². The first-order valence-corrected chi connectivity index (χ1v) is 21.7. The largest absolute Gasteiger partial charge is 0.462 e. The van der Waals surface area contributed by atoms with Crippen LogP contribution in [-0.2, 0) is 17.3 Å². The number of halogens is 6. The van der Waals surface area contributed by atoms with Gasteiger partial charge in [0.15, 0.2) is 23.0 Å². The minimum absolute atomic E-state index is 0.0320. The molecule has 0 bridgehead atoms. The average molecular weight is 925 g/mol. The molecule has 1 atom stereocenters. The molecular formula is C44H43Cl2F4N9O5. The number of Topliss-reactive ketones (excluding diaryl/α,β-unsaturated/α-hetero) is 1. The van der Waals surface area contributed by atoms with Crippen molar-refractivity contribution in [2.24, 2.45) is 11.1 Å². The summed E-state index contributed by atoms with van der Waals surface area (Å²) in [4.78, 5) is 44.9. The van der Waals surface area contributed by atoms with Crippen LogP contribution in [0.15, 0.2) is 55.0 Å². The molecule has 20 heteroatoms. The van der Waals surface area contributed by atoms with E-state index in [4.69, 9.17) is 38.4 Å². The summed E-state index contributed by atoms with van der Waals surface area (Å²) in [5.74, 6) is -1.02. The molecule has 1 unspecified atom stereocenters. The van der Waals surface area contributed by atoms with Gasteiger partial charge in [0.25, 0.3) is 5.91 Å². The van der Waals surface area contributed by atoms with Crippen molar-refractivity contribution in [1.29, 1.82) is 0 Å². The van der Waals surface area contributed by atoms with E-state index in [1.54, 1.807) is 17.3 Å². The topological polar surface area (TPSA) is 172 Å². The molecule has 4 N–H and O–H groups in total. The summed E-state index contributed by atoms with van der Waals surface area (Å²) in [6.45, 7) is 4.60. The summed E-state index contributed by atoms with van der Waals surface area (Å²) in [6, 6.07) is 8.77. The fraction of sp³-hybridized carbons (Fsp3) is 0.409. The Balaban J connectivity index is 0.785. The number of alkyl halides is 3. The first-order valence-electron chi connectivity index (χ1n) is 20.9. The monoisotopic (exact) mass is 923 g/mol. The molecule has 5 aromatic rings. The molecule has 9 rings (SSSR count). The van der Waals surface area contributed by atoms with Crippen molar-refractivity contribution < 1.29 is 41.4 Å². The molecule has 0 radical (unpaired) electrons. The number of anilines is 2. The highest BCUT2D eigenvalue weighted by atomic mass is 35.5. The molecule has 1 saturated carbocycles. The smallest absolute Gasteiger partial charge is 0.435 e. The van der Waals surface area contributed by atoms with E-state index in [0.29, 0.717) is 68.9 Å². The van der Waals surface area contributed by atoms with E-state index in [9.17, 15) is 31.9 Å². The number of ether oxygens (including phenoxy) is 2. The summed E-state index contributed by atoms with van der Waals surface area (Å²) in [6.07, 6.45) is 2.73. The Morgan fingerprint density at radius 2 is 1.75 bits per heavy atom. The number of aromatic nitrogens is 5. The van der Waals surface area contributed by atoms with Crippen molar-refractivity contribution >= 4 is 52.5 Å². The summed E-state index contributed by atoms with van der Waals surface area (Å²) in [5.41, 5.74) is 6.26. The summed E-state index contributed by atoms with van der Waals surface area (Å²) < 4.78 is 71.5. The van der Waals surface area contributed by atoms with E-state index in [1.165, 1.54) is 30.3 Å². The van der Waals surface area contributed by atoms with E-state index in [1.807, 2.05) is 30.8 Å². The summed E-state index contributed by atoms with van der Waals surface area (Å²) >= 11 is 12.5. The number of likely N-dealkylation sites (tertiary alicyclic amines) is 1. The third-order valence-corrected chi connectivity index (χ3v) is 13.1. The first-order chi connectivity index (χ1) is 30.4. The molecule has 2 aromatic carbocycles. The van der Waals surface area contributed by atoms with Gasteiger partial charge in [0.1, 0.15) is 11.9 Å². The fourth-order valence-electron chi connectivity index (χ4n) is 9.12. The Morgan fingerprint density at radius 3 is 2.47 bits per heavy atom. The number of piperidine rings is 1. The normalized spacial score (nSPS) is 20.8. The van der Waals surface area contributed by atoms with Crippen molar-refractivity contribution in [2.75, 3.05) is 23.7 Å². The third kappa shape index (κ3) is 8.44. The van der Waals surface area contributed by atoms with Crippen LogP contribution in [0.25, 0.3) is 16.8 Å². The van der Waals surface area contributed by atoms with Gasteiger partial charge in [-0.25, -0.2) is 18.9 Å². The van der Waals surface area contributed by atoms with Gasteiger partial charge in [-0.1, -0.05) is 37.0 Å². The fourth-order valence-corrected chi connectivity index (χ4v) is 9.68. The Hall–Kier alpha value is -5.88. The maximum Gasteiger partial charge on any atom is 0.435 e. The number of carbonyl (C=O) groups excluding carboxylic acids is 3. The number of hydrogen-bond donors (Lipinski definition) is 3. The van der Waals surface area contributed by atoms with Gasteiger partial charge in [-0.2, -0.15) is 23.4 Å². The highest BCUT2D eigenvalue weighted by Crippen LogP contribution is 2.44. The zero-order valence-corrected chi connectivity index (χ0v) is 36.2. The van der Waals surface area contributed by atoms with Crippen molar-refractivity contribution in [2.45, 2.75) is 95.8 Å². The Labute approximate surface area is 374 Å². The number of benzene rings is 2. The number of rotatable bonds is 8. The molecule has 2 aliphatic heterocycles. The number of fused-ring (bicyclic) bond motifs is 2. The highest BCUT2D eigenvalue weighted by molar-refractivity contribution is 6.36. The van der Waals surface area contributed by atoms with Crippen LogP contribution in [-0.4, -0.2) is 72.5 Å². The maximum absolute atomic E-state index is 14.2. The molecule has 5 heterocycles. The van der Waals surface area contributed by atoms with Crippen molar-refractivity contribution in [1.82, 2.24) is 29.4 Å². The number of ketones is 1. The van der Waals surface area contributed by atoms with Gasteiger partial charge in [-0.05, 0) is 86.8 Å². The highest BCUT2D eigenvalue weighted by Gasteiger charge is 2.45. The minimum Gasteiger partial charge on any atom is -0.462 e. The van der Waals surface area contributed by atoms with Gasteiger partial charge >= 0.3 is 12.3 Å². The van der Waals surface area contributed by atoms with Crippen LogP contribution in [0.3, 0.4) is 0 Å². The van der Waals surface area contributed by atoms with Gasteiger partial charge in [-0.15, -0.1) is 0 Å². The quantitative estimate of drug-likeness (QED) is 0.101. The molecule has 2 amide bonds. The zero-order valence-electron chi connectivity index (χ0n) is 34.6. The van der Waals surface area contributed by atoms with E-state index in [0.717, 1.165) is 15.8 Å². The lowest BCUT2D eigenvalue weighted by Crippen LogP contribution is -2.41. The van der Waals surface area contributed by atoms with Crippen LogP contribution in [0.5, 0.6) is 5.75 Å². The number of primary amides is 1. The van der Waals surface area contributed by atoms with Gasteiger partial charge < -0.3 is 30.7 Å². The number of carbonyl (C=O) groups is 3. The number of nitrogens with zero attached hydrogens (tertiary/aromatic N) is 6. The first kappa shape index (κ1) is 43.4. The van der Waals surface area contributed by atoms with Crippen LogP contribution in [0.4, 0.5) is 33.9 Å². The SMILES string of the molecule is CC1(C)CC(=O)c2c(C(F)(F)F)nn(-c3ccc(C(N)=O)c(N[C@H]4CC[C@H](OC(=O)N5CCC(n6cc(-c7cnc8c(c7)OC(c7c(Cl)ccc(F)c7Cl)N8)cn6)CC5)CC4)c3)c2C1. The van der Waals surface area contributed by atoms with Crippen LogP contribution in [0, 0.1) is 11.2 Å². The lowest BCUT2D eigenvalue weighted by Gasteiger charge is -2.34. The molecule has 2 fully saturated rings. The third-order valence-electron chi connectivity index (χ3n) is 12.4. The van der Waals surface area contributed by atoms with Gasteiger partial charge in [0.05, 0.1) is 50.4 Å². The number of pyridine rings is 1. The molecule has 14 nitrogen and oxygen atoms in total. The van der Waals surface area contributed by atoms with Crippen LogP contribution < -0.4 is 21.1 Å². The maximum atomic E-state index is 14.2. The van der Waals surface area contributed by atoms with Crippen LogP contribution in [0.1, 0.15) is 109 Å². The van der Waals surface area contributed by atoms with Gasteiger partial charge in [0, 0.05) is 54.8 Å². The average Bonchev–Trinajstić information content (AvgIpc) is 4.00. The second-order valence-corrected chi connectivity index (χ2v) is 18.3. The molecular weight excluding hydrogens is 881 g/mol. The summed E-state index contributed by atoms with van der Waals surface area (Å²) in [5, 5.41) is 15.1. The standard InChI is InChI=1S/C44H43Cl2F4N9O5/c1-43(2)17-32-36(33(60)18-43)38(44(48,49)50)56-59(32)26-5-8-28(39(51)61)31(16-26)54-24-3-6-27(7-4-24)63-42(62)57-13-11-25(12-14-57)58-21-23(20-53-58)22-15-34-40(52-19-22)55-41(64-34)35-29(45)9-10-30(47)37(35)46/h5,8-10,15-16,19-21,24-25,27,41,54H,3-4,6-7,11-14,17-18H2,1-2H3,(H2,51,61)(H,52,55)/t24-,27-,41?. The molecule has 4 aliphatic rings. The predicted octanol–water partition coefficient (Wildman–Crippen LogP) is 9.55. The number of nitrogens with two attached hydrogens (primary N) is 1. The van der Waals surface area contributed by atoms with Gasteiger partial charge in [0.2, 0.25) is 6.23 Å². The number of amides is 2. The molecule has 0 spiro atoms. The zero-order chi connectivity index (χ0) is 45.2. The lowest BCUT2D eigenvalue weighted by molar-refractivity contribution is -0.141. The number of nitrogens with one attached hydrogen (secondary N) is 2. The Kier molecular flexibility index (Phi) is 11.2. The predicted molar refractivity (Wildman–Crippen MR) is 228 cm³/mol. The van der Waals surface area contributed by atoms with Crippen molar-refractivity contribution in [3.8, 4) is 22.6 Å². The van der Waals surface area contributed by atoms with E-state index in [-0.39, 0.29) is 69.7 Å². The Bertz CT molecular complexity index is 2670. The van der Waals surface area contributed by atoms with E-state index in [2.05, 4.69) is 25.8 Å². The molecule has 336 valence electrons. The Morgan fingerprint density at radius 1 is 1.00 bits per heavy atom. The van der Waals surface area contributed by atoms with Crippen molar-refractivity contribution in [3.05, 3.63) is 98.9 Å². The van der Waals surface area contributed by atoms with Crippen LogP contribution >= 0.6 is 23.2 Å². The minimum atomic E-state index is -4.84. The molecule has 1 saturated heterocycles. The number of hydrogen-bond acceptors (Lipinski definition) is 10.